The molecule has 2 aliphatic rings. The molecular weight excluding hydrogens is 500 g/mol. The molecule has 1 fully saturated rings. The standard InChI is InChI=1S/C33H44N4O3/c1-26(2)32-34-30(40-35-32)15-16-31(38)37-20-18-33(19-21-37)17-9-8-13-28-12-6-7-14-29(28)39-23-22-36(25-33)24-27-10-4-3-5-11-27/h3-7,10-12,14,26H,8-9,13,15-25H2,1-2H3. The molecule has 0 saturated carbocycles. The molecule has 1 aromatic heterocycles. The van der Waals surface area contributed by atoms with Crippen molar-refractivity contribution in [3.8, 4) is 5.75 Å². The molecule has 0 aliphatic carbocycles. The maximum atomic E-state index is 13.1. The average Bonchev–Trinajstić information content (AvgIpc) is 3.45. The highest BCUT2D eigenvalue weighted by Crippen LogP contribution is 2.39. The zero-order valence-electron chi connectivity index (χ0n) is 24.2. The number of carbonyl (C=O) groups excluding carboxylic acids is 1. The average molecular weight is 545 g/mol. The Morgan fingerprint density at radius 2 is 1.75 bits per heavy atom. The first kappa shape index (κ1) is 28.3. The highest BCUT2D eigenvalue weighted by Gasteiger charge is 2.37. The van der Waals surface area contributed by atoms with E-state index in [1.807, 2.05) is 13.8 Å². The number of rotatable bonds is 6. The zero-order valence-corrected chi connectivity index (χ0v) is 24.2. The van der Waals surface area contributed by atoms with E-state index in [1.54, 1.807) is 0 Å². The Bertz CT molecular complexity index is 1220. The van der Waals surface area contributed by atoms with Crippen LogP contribution in [-0.2, 0) is 24.2 Å². The van der Waals surface area contributed by atoms with Gasteiger partial charge in [0.2, 0.25) is 11.8 Å². The number of aromatic nitrogens is 2. The van der Waals surface area contributed by atoms with Crippen LogP contribution >= 0.6 is 0 Å². The maximum Gasteiger partial charge on any atom is 0.227 e. The molecule has 0 atom stereocenters. The molecule has 7 nitrogen and oxygen atoms in total. The van der Waals surface area contributed by atoms with E-state index in [0.717, 1.165) is 64.2 Å². The summed E-state index contributed by atoms with van der Waals surface area (Å²) < 4.78 is 11.7. The zero-order chi connectivity index (χ0) is 27.8. The number of hydrogen-bond acceptors (Lipinski definition) is 6. The van der Waals surface area contributed by atoms with Crippen LogP contribution < -0.4 is 4.74 Å². The van der Waals surface area contributed by atoms with Gasteiger partial charge in [0.25, 0.3) is 0 Å². The number of nitrogens with zero attached hydrogens (tertiary/aromatic N) is 4. The molecule has 3 aromatic rings. The van der Waals surface area contributed by atoms with Crippen molar-refractivity contribution in [2.24, 2.45) is 5.41 Å². The first-order valence-electron chi connectivity index (χ1n) is 15.1. The van der Waals surface area contributed by atoms with Crippen molar-refractivity contribution >= 4 is 5.91 Å². The van der Waals surface area contributed by atoms with Gasteiger partial charge in [0.1, 0.15) is 12.4 Å². The highest BCUT2D eigenvalue weighted by atomic mass is 16.5. The number of hydrogen-bond donors (Lipinski definition) is 0. The van der Waals surface area contributed by atoms with Gasteiger partial charge in [0, 0.05) is 51.5 Å². The second kappa shape index (κ2) is 13.4. The summed E-state index contributed by atoms with van der Waals surface area (Å²) in [5, 5.41) is 4.03. The molecule has 2 aliphatic heterocycles. The fraction of sp³-hybridized carbons (Fsp3) is 0.545. The largest absolute Gasteiger partial charge is 0.492 e. The number of aryl methyl sites for hydroxylation is 2. The van der Waals surface area contributed by atoms with Gasteiger partial charge >= 0.3 is 0 Å². The van der Waals surface area contributed by atoms with Crippen LogP contribution in [0, 0.1) is 5.41 Å². The fourth-order valence-electron chi connectivity index (χ4n) is 6.18. The molecule has 0 N–H and O–H groups in total. The van der Waals surface area contributed by atoms with E-state index in [4.69, 9.17) is 9.26 Å². The molecule has 1 saturated heterocycles. The highest BCUT2D eigenvalue weighted by molar-refractivity contribution is 5.76. The molecular formula is C33H44N4O3. The Morgan fingerprint density at radius 3 is 2.52 bits per heavy atom. The van der Waals surface area contributed by atoms with E-state index in [-0.39, 0.29) is 17.2 Å². The summed E-state index contributed by atoms with van der Waals surface area (Å²) >= 11 is 0. The Balaban J connectivity index is 1.24. The van der Waals surface area contributed by atoms with Gasteiger partial charge in [-0.1, -0.05) is 74.0 Å². The molecule has 5 rings (SSSR count). The number of carbonyl (C=O) groups is 1. The van der Waals surface area contributed by atoms with Crippen LogP contribution in [0.1, 0.15) is 81.1 Å². The number of piperidine rings is 1. The second-order valence-corrected chi connectivity index (χ2v) is 11.9. The Kier molecular flexibility index (Phi) is 9.53. The number of fused-ring (bicyclic) bond motifs is 1. The van der Waals surface area contributed by atoms with Crippen molar-refractivity contribution in [3.05, 3.63) is 77.4 Å². The minimum absolute atomic E-state index is 0.193. The van der Waals surface area contributed by atoms with Crippen molar-refractivity contribution in [3.63, 3.8) is 0 Å². The molecule has 214 valence electrons. The van der Waals surface area contributed by atoms with Crippen LogP contribution in [0.15, 0.2) is 59.1 Å². The van der Waals surface area contributed by atoms with Crippen molar-refractivity contribution in [2.75, 3.05) is 32.8 Å². The summed E-state index contributed by atoms with van der Waals surface area (Å²) in [4.78, 5) is 22.2. The fourth-order valence-corrected chi connectivity index (χ4v) is 6.18. The second-order valence-electron chi connectivity index (χ2n) is 11.9. The van der Waals surface area contributed by atoms with Crippen LogP contribution in [0.5, 0.6) is 5.75 Å². The minimum atomic E-state index is 0.193. The lowest BCUT2D eigenvalue weighted by Crippen LogP contribution is -2.48. The molecule has 0 bridgehead atoms. The van der Waals surface area contributed by atoms with Crippen LogP contribution in [0.4, 0.5) is 0 Å². The van der Waals surface area contributed by atoms with Crippen LogP contribution in [-0.4, -0.2) is 58.6 Å². The quantitative estimate of drug-likeness (QED) is 0.377. The lowest BCUT2D eigenvalue weighted by molar-refractivity contribution is -0.134. The smallest absolute Gasteiger partial charge is 0.227 e. The first-order chi connectivity index (χ1) is 19.5. The molecule has 3 heterocycles. The third-order valence-electron chi connectivity index (χ3n) is 8.58. The van der Waals surface area contributed by atoms with E-state index in [0.29, 0.717) is 31.2 Å². The molecule has 1 spiro atoms. The van der Waals surface area contributed by atoms with E-state index < -0.39 is 0 Å². The van der Waals surface area contributed by atoms with Gasteiger partial charge in [0.05, 0.1) is 0 Å². The van der Waals surface area contributed by atoms with Gasteiger partial charge in [-0.3, -0.25) is 9.69 Å². The number of amides is 1. The lowest BCUT2D eigenvalue weighted by atomic mass is 9.73. The molecule has 2 aromatic carbocycles. The Hall–Kier alpha value is -3.19. The minimum Gasteiger partial charge on any atom is -0.492 e. The number of ether oxygens (including phenoxy) is 1. The van der Waals surface area contributed by atoms with Crippen molar-refractivity contribution in [2.45, 2.75) is 77.7 Å². The summed E-state index contributed by atoms with van der Waals surface area (Å²) in [6, 6.07) is 19.3. The van der Waals surface area contributed by atoms with E-state index >= 15 is 0 Å². The number of likely N-dealkylation sites (tertiary alicyclic amines) is 1. The third kappa shape index (κ3) is 7.51. The summed E-state index contributed by atoms with van der Waals surface area (Å²) in [5.41, 5.74) is 2.86. The summed E-state index contributed by atoms with van der Waals surface area (Å²) in [5.74, 6) is 2.72. The normalized spacial score (nSPS) is 18.5. The van der Waals surface area contributed by atoms with Gasteiger partial charge < -0.3 is 14.2 Å². The molecule has 0 unspecified atom stereocenters. The van der Waals surface area contributed by atoms with Gasteiger partial charge in [-0.25, -0.2) is 0 Å². The molecule has 0 radical (unpaired) electrons. The Labute approximate surface area is 238 Å². The van der Waals surface area contributed by atoms with Gasteiger partial charge in [-0.2, -0.15) is 4.98 Å². The van der Waals surface area contributed by atoms with Crippen molar-refractivity contribution in [1.82, 2.24) is 19.9 Å². The molecule has 7 heteroatoms. The summed E-state index contributed by atoms with van der Waals surface area (Å²) in [6.45, 7) is 9.23. The SMILES string of the molecule is CC(C)c1noc(CCC(=O)N2CCC3(CCCCc4ccccc4OCCN(Cc4ccccc4)C3)CC2)n1. The van der Waals surface area contributed by atoms with Gasteiger partial charge in [-0.15, -0.1) is 0 Å². The summed E-state index contributed by atoms with van der Waals surface area (Å²) in [6.07, 6.45) is 7.61. The maximum absolute atomic E-state index is 13.1. The van der Waals surface area contributed by atoms with Crippen molar-refractivity contribution in [1.29, 1.82) is 0 Å². The topological polar surface area (TPSA) is 71.7 Å². The predicted octanol–water partition coefficient (Wildman–Crippen LogP) is 6.04. The monoisotopic (exact) mass is 544 g/mol. The first-order valence-corrected chi connectivity index (χ1v) is 15.1. The van der Waals surface area contributed by atoms with Gasteiger partial charge in [-0.05, 0) is 54.7 Å². The number of para-hydroxylation sites is 1. The van der Waals surface area contributed by atoms with Gasteiger partial charge in [0.15, 0.2) is 5.82 Å². The Morgan fingerprint density at radius 1 is 0.975 bits per heavy atom. The summed E-state index contributed by atoms with van der Waals surface area (Å²) in [7, 11) is 0. The number of benzene rings is 2. The van der Waals surface area contributed by atoms with E-state index in [2.05, 4.69) is 74.5 Å². The molecule has 1 amide bonds. The van der Waals surface area contributed by atoms with Crippen molar-refractivity contribution < 1.29 is 14.1 Å². The van der Waals surface area contributed by atoms with Crippen LogP contribution in [0.25, 0.3) is 0 Å². The van der Waals surface area contributed by atoms with E-state index in [9.17, 15) is 4.79 Å². The van der Waals surface area contributed by atoms with Crippen LogP contribution in [0.2, 0.25) is 0 Å². The third-order valence-corrected chi connectivity index (χ3v) is 8.58. The predicted molar refractivity (Wildman–Crippen MR) is 156 cm³/mol. The van der Waals surface area contributed by atoms with Crippen LogP contribution in [0.3, 0.4) is 0 Å². The lowest BCUT2D eigenvalue weighted by Gasteiger charge is -2.45. The van der Waals surface area contributed by atoms with E-state index in [1.165, 1.54) is 24.0 Å². The molecule has 40 heavy (non-hydrogen) atoms.